The molecule has 3 rings (SSSR count). The van der Waals surface area contributed by atoms with Gasteiger partial charge >= 0.3 is 6.18 Å². The molecule has 29 heavy (non-hydrogen) atoms. The van der Waals surface area contributed by atoms with Crippen LogP contribution in [0.1, 0.15) is 38.1 Å². The molecule has 8 heteroatoms. The Hall–Kier alpha value is -2.48. The van der Waals surface area contributed by atoms with Crippen LogP contribution in [0.4, 0.5) is 22.0 Å². The Balaban J connectivity index is 2.23. The van der Waals surface area contributed by atoms with E-state index in [1.54, 1.807) is 22.9 Å². The van der Waals surface area contributed by atoms with Crippen LogP contribution in [0.25, 0.3) is 22.0 Å². The van der Waals surface area contributed by atoms with Crippen LogP contribution in [-0.4, -0.2) is 16.0 Å². The van der Waals surface area contributed by atoms with Crippen molar-refractivity contribution < 1.29 is 22.0 Å². The zero-order valence-corrected chi connectivity index (χ0v) is 16.3. The monoisotopic (exact) mass is 411 g/mol. The molecule has 0 radical (unpaired) electrons. The number of fused-ring (bicyclic) bond motifs is 1. The lowest BCUT2D eigenvalue weighted by Gasteiger charge is -2.20. The molecule has 156 valence electrons. The maximum absolute atomic E-state index is 13.4. The highest BCUT2D eigenvalue weighted by molar-refractivity contribution is 5.89. The molecule has 1 aromatic carbocycles. The molecule has 2 N–H and O–H groups in total. The Morgan fingerprint density at radius 1 is 1.10 bits per heavy atom. The van der Waals surface area contributed by atoms with Gasteiger partial charge in [-0.15, -0.1) is 0 Å². The molecule has 0 aliphatic carbocycles. The Bertz CT molecular complexity index is 1020. The summed E-state index contributed by atoms with van der Waals surface area (Å²) in [4.78, 5) is 3.49. The van der Waals surface area contributed by atoms with E-state index in [9.17, 15) is 22.0 Å². The van der Waals surface area contributed by atoms with Crippen LogP contribution < -0.4 is 5.73 Å². The molecule has 1 atom stereocenters. The molecule has 0 amide bonds. The summed E-state index contributed by atoms with van der Waals surface area (Å²) in [5.74, 6) is 0. The van der Waals surface area contributed by atoms with E-state index < -0.39 is 24.3 Å². The van der Waals surface area contributed by atoms with Gasteiger partial charge in [0.1, 0.15) is 0 Å². The van der Waals surface area contributed by atoms with Crippen LogP contribution in [0.5, 0.6) is 0 Å². The first kappa shape index (κ1) is 21.2. The second-order valence-corrected chi connectivity index (χ2v) is 8.26. The van der Waals surface area contributed by atoms with E-state index in [-0.39, 0.29) is 16.5 Å². The lowest BCUT2D eigenvalue weighted by molar-refractivity contribution is -0.140. The molecular formula is C21H22F5N3. The highest BCUT2D eigenvalue weighted by Gasteiger charge is 2.35. The van der Waals surface area contributed by atoms with Gasteiger partial charge < -0.3 is 10.3 Å². The minimum atomic E-state index is -4.61. The number of nitrogens with two attached hydrogens (primary N) is 1. The topological polar surface area (TPSA) is 43.8 Å². The maximum Gasteiger partial charge on any atom is 0.433 e. The minimum absolute atomic E-state index is 0.0647. The molecule has 3 aromatic rings. The number of halogens is 5. The number of rotatable bonds is 4. The number of aromatic nitrogens is 2. The van der Waals surface area contributed by atoms with E-state index in [1.165, 1.54) is 18.2 Å². The lowest BCUT2D eigenvalue weighted by atomic mass is 9.96. The SMILES string of the molecule is CC(C)(C)Cn1cc([C@H](N)C(F)F)c2ccc(-c3cccnc3C(F)(F)F)cc21. The summed E-state index contributed by atoms with van der Waals surface area (Å²) in [5, 5.41) is 0.503. The summed E-state index contributed by atoms with van der Waals surface area (Å²) in [7, 11) is 0. The van der Waals surface area contributed by atoms with Gasteiger partial charge in [-0.3, -0.25) is 4.98 Å². The van der Waals surface area contributed by atoms with Crippen LogP contribution in [-0.2, 0) is 12.7 Å². The quantitative estimate of drug-likeness (QED) is 0.533. The fraction of sp³-hybridized carbons (Fsp3) is 0.381. The van der Waals surface area contributed by atoms with Crippen molar-refractivity contribution in [1.82, 2.24) is 9.55 Å². The van der Waals surface area contributed by atoms with E-state index in [0.717, 1.165) is 6.20 Å². The summed E-state index contributed by atoms with van der Waals surface area (Å²) in [6, 6.07) is 5.91. The Morgan fingerprint density at radius 2 is 1.79 bits per heavy atom. The van der Waals surface area contributed by atoms with Gasteiger partial charge in [0.2, 0.25) is 0 Å². The van der Waals surface area contributed by atoms with Crippen LogP contribution >= 0.6 is 0 Å². The normalized spacial score (nSPS) is 14.0. The van der Waals surface area contributed by atoms with Gasteiger partial charge in [-0.2, -0.15) is 13.2 Å². The van der Waals surface area contributed by atoms with Gasteiger partial charge in [-0.25, -0.2) is 8.78 Å². The predicted octanol–water partition coefficient (Wildman–Crippen LogP) is 6.03. The van der Waals surface area contributed by atoms with Crippen molar-refractivity contribution in [2.75, 3.05) is 0 Å². The third-order valence-electron chi connectivity index (χ3n) is 4.58. The molecule has 0 aliphatic heterocycles. The number of hydrogen-bond donors (Lipinski definition) is 1. The summed E-state index contributed by atoms with van der Waals surface area (Å²) in [5.41, 5.74) is 5.59. The fourth-order valence-corrected chi connectivity index (χ4v) is 3.40. The van der Waals surface area contributed by atoms with Crippen molar-refractivity contribution in [2.45, 2.75) is 46.0 Å². The zero-order chi connectivity index (χ0) is 21.6. The van der Waals surface area contributed by atoms with Gasteiger partial charge in [-0.05, 0) is 23.1 Å². The summed E-state index contributed by atoms with van der Waals surface area (Å²) in [6.45, 7) is 6.44. The van der Waals surface area contributed by atoms with E-state index in [1.807, 2.05) is 20.8 Å². The molecule has 0 unspecified atom stereocenters. The minimum Gasteiger partial charge on any atom is -0.347 e. The molecule has 0 aliphatic rings. The number of nitrogens with zero attached hydrogens (tertiary/aromatic N) is 2. The Morgan fingerprint density at radius 3 is 2.38 bits per heavy atom. The molecule has 0 saturated carbocycles. The summed E-state index contributed by atoms with van der Waals surface area (Å²) in [6.07, 6.45) is -4.70. The first-order valence-electron chi connectivity index (χ1n) is 9.07. The number of benzene rings is 1. The third-order valence-corrected chi connectivity index (χ3v) is 4.58. The highest BCUT2D eigenvalue weighted by Crippen LogP contribution is 2.38. The summed E-state index contributed by atoms with van der Waals surface area (Å²) >= 11 is 0. The van der Waals surface area contributed by atoms with Crippen molar-refractivity contribution in [2.24, 2.45) is 11.1 Å². The van der Waals surface area contributed by atoms with Crippen molar-refractivity contribution >= 4 is 10.9 Å². The molecule has 0 saturated heterocycles. The molecule has 0 fully saturated rings. The van der Waals surface area contributed by atoms with Crippen LogP contribution in [0.2, 0.25) is 0 Å². The van der Waals surface area contributed by atoms with Crippen LogP contribution in [0.15, 0.2) is 42.7 Å². The maximum atomic E-state index is 13.4. The number of pyridine rings is 1. The number of alkyl halides is 5. The Kier molecular flexibility index (Phi) is 5.42. The summed E-state index contributed by atoms with van der Waals surface area (Å²) < 4.78 is 68.4. The van der Waals surface area contributed by atoms with Crippen molar-refractivity contribution in [1.29, 1.82) is 0 Å². The molecular weight excluding hydrogens is 389 g/mol. The third kappa shape index (κ3) is 4.42. The largest absolute Gasteiger partial charge is 0.433 e. The van der Waals surface area contributed by atoms with E-state index in [4.69, 9.17) is 5.73 Å². The lowest BCUT2D eigenvalue weighted by Crippen LogP contribution is -2.19. The van der Waals surface area contributed by atoms with Crippen LogP contribution in [0.3, 0.4) is 0 Å². The van der Waals surface area contributed by atoms with Gasteiger partial charge in [0.05, 0.1) is 6.04 Å². The van der Waals surface area contributed by atoms with Gasteiger partial charge in [-0.1, -0.05) is 39.0 Å². The predicted molar refractivity (Wildman–Crippen MR) is 103 cm³/mol. The molecule has 2 aromatic heterocycles. The first-order valence-corrected chi connectivity index (χ1v) is 9.07. The van der Waals surface area contributed by atoms with Crippen molar-refractivity contribution in [3.63, 3.8) is 0 Å². The second kappa shape index (κ2) is 7.40. The molecule has 0 spiro atoms. The number of hydrogen-bond acceptors (Lipinski definition) is 2. The fourth-order valence-electron chi connectivity index (χ4n) is 3.40. The molecule has 2 heterocycles. The molecule has 0 bridgehead atoms. The van der Waals surface area contributed by atoms with E-state index in [2.05, 4.69) is 4.98 Å². The zero-order valence-electron chi connectivity index (χ0n) is 16.3. The smallest absolute Gasteiger partial charge is 0.347 e. The Labute approximate surface area is 165 Å². The van der Waals surface area contributed by atoms with Crippen molar-refractivity contribution in [3.05, 3.63) is 54.0 Å². The highest BCUT2D eigenvalue weighted by atomic mass is 19.4. The standard InChI is InChI=1S/C21H22F5N3/c1-20(2,3)11-29-10-15(17(27)19(22)23)14-7-6-12(9-16(14)29)13-5-4-8-28-18(13)21(24,25)26/h4-10,17,19H,11,27H2,1-3H3/t17-/m0/s1. The van der Waals surface area contributed by atoms with Gasteiger partial charge in [0.15, 0.2) is 5.69 Å². The average Bonchev–Trinajstić information content (AvgIpc) is 2.96. The first-order chi connectivity index (χ1) is 13.4. The van der Waals surface area contributed by atoms with Gasteiger partial charge in [0.25, 0.3) is 6.43 Å². The second-order valence-electron chi connectivity index (χ2n) is 8.26. The van der Waals surface area contributed by atoms with E-state index >= 15 is 0 Å². The average molecular weight is 411 g/mol. The molecule has 3 nitrogen and oxygen atoms in total. The van der Waals surface area contributed by atoms with Gasteiger partial charge in [0, 0.05) is 41.0 Å². The van der Waals surface area contributed by atoms with Crippen molar-refractivity contribution in [3.8, 4) is 11.1 Å². The van der Waals surface area contributed by atoms with Crippen LogP contribution in [0, 0.1) is 5.41 Å². The van der Waals surface area contributed by atoms with E-state index in [0.29, 0.717) is 23.0 Å².